The Morgan fingerprint density at radius 3 is 2.20 bits per heavy atom. The van der Waals surface area contributed by atoms with Crippen molar-refractivity contribution in [2.24, 2.45) is 16.9 Å². The molecule has 35 heavy (non-hydrogen) atoms. The van der Waals surface area contributed by atoms with Gasteiger partial charge in [-0.3, -0.25) is 19.3 Å². The second-order valence-electron chi connectivity index (χ2n) is 9.40. The van der Waals surface area contributed by atoms with Gasteiger partial charge < -0.3 is 0 Å². The van der Waals surface area contributed by atoms with Gasteiger partial charge in [0, 0.05) is 6.42 Å². The average Bonchev–Trinajstić information content (AvgIpc) is 3.45. The van der Waals surface area contributed by atoms with E-state index >= 15 is 0 Å². The van der Waals surface area contributed by atoms with Gasteiger partial charge in [0.15, 0.2) is 0 Å². The Kier molecular flexibility index (Phi) is 5.29. The summed E-state index contributed by atoms with van der Waals surface area (Å²) in [6, 6.07) is 23.8. The van der Waals surface area contributed by atoms with Crippen LogP contribution in [-0.4, -0.2) is 39.9 Å². The van der Waals surface area contributed by atoms with E-state index in [1.54, 1.807) is 0 Å². The molecule has 2 aliphatic heterocycles. The van der Waals surface area contributed by atoms with Crippen LogP contribution in [0, 0.1) is 11.8 Å². The van der Waals surface area contributed by atoms with Crippen LogP contribution in [0.5, 0.6) is 0 Å². The number of carbonyl (C=O) groups excluding carboxylic acids is 3. The minimum Gasteiger partial charge on any atom is -0.274 e. The number of amides is 3. The van der Waals surface area contributed by atoms with Crippen molar-refractivity contribution in [1.82, 2.24) is 9.91 Å². The summed E-state index contributed by atoms with van der Waals surface area (Å²) in [5.74, 6) is -1.53. The highest BCUT2D eigenvalue weighted by molar-refractivity contribution is 6.09. The number of hydrazone groups is 1. The number of nitrogens with zero attached hydrogens (tertiary/aromatic N) is 3. The van der Waals surface area contributed by atoms with Crippen LogP contribution >= 0.6 is 0 Å². The van der Waals surface area contributed by atoms with Crippen LogP contribution < -0.4 is 0 Å². The number of benzene rings is 3. The summed E-state index contributed by atoms with van der Waals surface area (Å²) in [6.45, 7) is -0.275. The van der Waals surface area contributed by atoms with Gasteiger partial charge in [0.05, 0.1) is 23.6 Å². The van der Waals surface area contributed by atoms with Crippen molar-refractivity contribution < 1.29 is 14.4 Å². The quantitative estimate of drug-likeness (QED) is 0.424. The highest BCUT2D eigenvalue weighted by atomic mass is 16.2. The maximum atomic E-state index is 13.5. The Morgan fingerprint density at radius 2 is 1.49 bits per heavy atom. The molecule has 2 heterocycles. The van der Waals surface area contributed by atoms with Gasteiger partial charge in [-0.1, -0.05) is 78.9 Å². The Morgan fingerprint density at radius 1 is 0.829 bits per heavy atom. The van der Waals surface area contributed by atoms with E-state index in [4.69, 9.17) is 5.10 Å². The van der Waals surface area contributed by atoms with Crippen molar-refractivity contribution in [2.45, 2.75) is 25.3 Å². The maximum Gasteiger partial charge on any atom is 0.263 e. The average molecular weight is 464 g/mol. The number of carbonyl (C=O) groups is 3. The van der Waals surface area contributed by atoms with Crippen molar-refractivity contribution in [3.05, 3.63) is 96.1 Å². The lowest BCUT2D eigenvalue weighted by molar-refractivity contribution is -0.147. The zero-order valence-corrected chi connectivity index (χ0v) is 19.2. The monoisotopic (exact) mass is 463 g/mol. The molecule has 174 valence electrons. The lowest BCUT2D eigenvalue weighted by Gasteiger charge is -2.24. The number of likely N-dealkylation sites (tertiary alicyclic amines) is 1. The molecule has 6 heteroatoms. The van der Waals surface area contributed by atoms with Crippen molar-refractivity contribution in [3.8, 4) is 0 Å². The Bertz CT molecular complexity index is 1370. The maximum absolute atomic E-state index is 13.5. The van der Waals surface area contributed by atoms with E-state index in [0.29, 0.717) is 19.3 Å². The van der Waals surface area contributed by atoms with Crippen LogP contribution in [0.3, 0.4) is 0 Å². The molecule has 3 amide bonds. The van der Waals surface area contributed by atoms with Gasteiger partial charge in [-0.15, -0.1) is 0 Å². The minimum absolute atomic E-state index is 0.244. The van der Waals surface area contributed by atoms with Gasteiger partial charge in [0.25, 0.3) is 5.91 Å². The van der Waals surface area contributed by atoms with Crippen molar-refractivity contribution in [2.75, 3.05) is 6.54 Å². The van der Waals surface area contributed by atoms with Gasteiger partial charge in [0.2, 0.25) is 11.8 Å². The van der Waals surface area contributed by atoms with Crippen molar-refractivity contribution in [1.29, 1.82) is 0 Å². The van der Waals surface area contributed by atoms with Gasteiger partial charge in [-0.25, -0.2) is 5.01 Å². The lowest BCUT2D eigenvalue weighted by Crippen LogP contribution is -2.41. The molecule has 0 N–H and O–H groups in total. The molecule has 0 saturated carbocycles. The smallest absolute Gasteiger partial charge is 0.263 e. The summed E-state index contributed by atoms with van der Waals surface area (Å²) in [5.41, 5.74) is 2.75. The SMILES string of the molecule is O=C1C2CC=CCC2C(=O)N1CC(=O)N1N=C(c2ccc3ccccc3c2)CC1c1ccccc1. The fourth-order valence-corrected chi connectivity index (χ4v) is 5.45. The zero-order chi connectivity index (χ0) is 23.9. The first-order valence-corrected chi connectivity index (χ1v) is 12.0. The van der Waals surface area contributed by atoms with E-state index < -0.39 is 0 Å². The van der Waals surface area contributed by atoms with Crippen molar-refractivity contribution in [3.63, 3.8) is 0 Å². The van der Waals surface area contributed by atoms with E-state index in [1.165, 1.54) is 5.01 Å². The fraction of sp³-hybridized carbons (Fsp3) is 0.241. The number of hydrogen-bond donors (Lipinski definition) is 0. The van der Waals surface area contributed by atoms with Gasteiger partial charge in [-0.05, 0) is 40.8 Å². The molecule has 3 aromatic rings. The molecule has 0 aromatic heterocycles. The molecular formula is C29H25N3O3. The summed E-state index contributed by atoms with van der Waals surface area (Å²) >= 11 is 0. The summed E-state index contributed by atoms with van der Waals surface area (Å²) in [7, 11) is 0. The molecule has 1 aliphatic carbocycles. The zero-order valence-electron chi connectivity index (χ0n) is 19.2. The van der Waals surface area contributed by atoms with E-state index in [1.807, 2.05) is 60.7 Å². The van der Waals surface area contributed by atoms with E-state index in [0.717, 1.165) is 32.5 Å². The van der Waals surface area contributed by atoms with Gasteiger partial charge >= 0.3 is 0 Å². The predicted molar refractivity (Wildman–Crippen MR) is 133 cm³/mol. The number of hydrogen-bond acceptors (Lipinski definition) is 4. The van der Waals surface area contributed by atoms with E-state index in [-0.39, 0.29) is 42.1 Å². The van der Waals surface area contributed by atoms with E-state index in [2.05, 4.69) is 24.3 Å². The summed E-state index contributed by atoms with van der Waals surface area (Å²) < 4.78 is 0. The summed E-state index contributed by atoms with van der Waals surface area (Å²) in [5, 5.41) is 8.47. The number of fused-ring (bicyclic) bond motifs is 2. The first kappa shape index (κ1) is 21.5. The Hall–Kier alpha value is -4.06. The summed E-state index contributed by atoms with van der Waals surface area (Å²) in [6.07, 6.45) is 5.57. The Labute approximate surface area is 203 Å². The molecule has 6 rings (SSSR count). The predicted octanol–water partition coefficient (Wildman–Crippen LogP) is 4.47. The number of allylic oxidation sites excluding steroid dienone is 2. The molecule has 3 unspecified atom stereocenters. The molecule has 3 atom stereocenters. The first-order valence-electron chi connectivity index (χ1n) is 12.0. The molecule has 1 saturated heterocycles. The second-order valence-corrected chi connectivity index (χ2v) is 9.40. The van der Waals surface area contributed by atoms with Crippen LogP contribution in [0.25, 0.3) is 10.8 Å². The van der Waals surface area contributed by atoms with Crippen molar-refractivity contribution >= 4 is 34.2 Å². The molecule has 0 radical (unpaired) electrons. The third kappa shape index (κ3) is 3.75. The number of imide groups is 1. The molecule has 3 aromatic carbocycles. The summed E-state index contributed by atoms with van der Waals surface area (Å²) in [4.78, 5) is 40.5. The largest absolute Gasteiger partial charge is 0.274 e. The highest BCUT2D eigenvalue weighted by Crippen LogP contribution is 2.37. The number of rotatable bonds is 4. The molecular weight excluding hydrogens is 438 g/mol. The van der Waals surface area contributed by atoms with Crippen LogP contribution in [0.1, 0.15) is 36.4 Å². The second kappa shape index (κ2) is 8.62. The normalized spacial score (nSPS) is 23.7. The minimum atomic E-state index is -0.347. The van der Waals surface area contributed by atoms with Crippen LogP contribution in [0.15, 0.2) is 90.0 Å². The van der Waals surface area contributed by atoms with Gasteiger partial charge in [-0.2, -0.15) is 5.10 Å². The van der Waals surface area contributed by atoms with Crippen LogP contribution in [0.2, 0.25) is 0 Å². The highest BCUT2D eigenvalue weighted by Gasteiger charge is 2.48. The molecule has 6 nitrogen and oxygen atoms in total. The standard InChI is InChI=1S/C29H25N3O3/c33-27(18-31-28(34)23-12-6-7-13-24(23)29(31)35)32-26(20-9-2-1-3-10-20)17-25(30-32)22-15-14-19-8-4-5-11-21(19)16-22/h1-11,14-16,23-24,26H,12-13,17-18H2. The molecule has 0 spiro atoms. The fourth-order valence-electron chi connectivity index (χ4n) is 5.45. The molecule has 3 aliphatic rings. The van der Waals surface area contributed by atoms with Crippen LogP contribution in [0.4, 0.5) is 0 Å². The third-order valence-corrected chi connectivity index (χ3v) is 7.33. The third-order valence-electron chi connectivity index (χ3n) is 7.33. The first-order chi connectivity index (χ1) is 17.1. The topological polar surface area (TPSA) is 70.1 Å². The van der Waals surface area contributed by atoms with E-state index in [9.17, 15) is 14.4 Å². The van der Waals surface area contributed by atoms with Gasteiger partial charge in [0.1, 0.15) is 6.54 Å². The molecule has 1 fully saturated rings. The molecule has 0 bridgehead atoms. The Balaban J connectivity index is 1.31. The van der Waals surface area contributed by atoms with Crippen LogP contribution in [-0.2, 0) is 14.4 Å². The lowest BCUT2D eigenvalue weighted by atomic mass is 9.85.